The molecule has 1 fully saturated rings. The minimum atomic E-state index is -0.378. The lowest BCUT2D eigenvalue weighted by atomic mass is 10.0. The van der Waals surface area contributed by atoms with Crippen LogP contribution in [-0.2, 0) is 14.3 Å². The maximum Gasteiger partial charge on any atom is 0.337 e. The average Bonchev–Trinajstić information content (AvgIpc) is 3.48. The van der Waals surface area contributed by atoms with Gasteiger partial charge in [0.25, 0.3) is 0 Å². The largest absolute Gasteiger partial charge is 0.469 e. The van der Waals surface area contributed by atoms with Crippen molar-refractivity contribution in [3.63, 3.8) is 0 Å². The Labute approximate surface area is 203 Å². The molecule has 0 radical (unpaired) electrons. The molecule has 2 aromatic heterocycles. The third-order valence-electron chi connectivity index (χ3n) is 5.86. The SMILES string of the molecule is COC(=O)CCCN1C(=S)NC(c2ccccn2)C1c1cccn1-c1ccc(C(=O)OC)cc1. The van der Waals surface area contributed by atoms with Gasteiger partial charge in [-0.3, -0.25) is 9.78 Å². The normalized spacial score (nSPS) is 17.4. The van der Waals surface area contributed by atoms with Crippen molar-refractivity contribution in [1.29, 1.82) is 0 Å². The molecule has 1 saturated heterocycles. The number of nitrogens with one attached hydrogen (secondary N) is 1. The second-order valence-electron chi connectivity index (χ2n) is 7.84. The number of esters is 2. The van der Waals surface area contributed by atoms with Gasteiger partial charge in [-0.15, -0.1) is 0 Å². The molecule has 4 rings (SSSR count). The summed E-state index contributed by atoms with van der Waals surface area (Å²) in [5.74, 6) is -0.624. The van der Waals surface area contributed by atoms with Gasteiger partial charge in [-0.2, -0.15) is 0 Å². The molecule has 2 unspecified atom stereocenters. The van der Waals surface area contributed by atoms with Crippen molar-refractivity contribution in [1.82, 2.24) is 19.8 Å². The highest BCUT2D eigenvalue weighted by molar-refractivity contribution is 7.80. The van der Waals surface area contributed by atoms with Gasteiger partial charge in [0.1, 0.15) is 0 Å². The summed E-state index contributed by atoms with van der Waals surface area (Å²) < 4.78 is 11.7. The topological polar surface area (TPSA) is 85.7 Å². The van der Waals surface area contributed by atoms with Gasteiger partial charge in [-0.1, -0.05) is 6.07 Å². The molecule has 176 valence electrons. The molecule has 1 aliphatic rings. The van der Waals surface area contributed by atoms with Crippen LogP contribution in [0.2, 0.25) is 0 Å². The second kappa shape index (κ2) is 10.5. The molecule has 1 N–H and O–H groups in total. The number of carbonyl (C=O) groups is 2. The molecular formula is C25H26N4O4S. The van der Waals surface area contributed by atoms with Gasteiger partial charge in [-0.05, 0) is 67.2 Å². The quantitative estimate of drug-likeness (QED) is 0.388. The number of benzene rings is 1. The minimum absolute atomic E-state index is 0.157. The van der Waals surface area contributed by atoms with E-state index in [1.54, 1.807) is 18.3 Å². The summed E-state index contributed by atoms with van der Waals surface area (Å²) in [5.41, 5.74) is 3.27. The zero-order chi connectivity index (χ0) is 24.1. The van der Waals surface area contributed by atoms with E-state index >= 15 is 0 Å². The van der Waals surface area contributed by atoms with Crippen LogP contribution in [0, 0.1) is 0 Å². The highest BCUT2D eigenvalue weighted by Crippen LogP contribution is 2.39. The Morgan fingerprint density at radius 1 is 1.06 bits per heavy atom. The molecule has 2 atom stereocenters. The summed E-state index contributed by atoms with van der Waals surface area (Å²) in [6.07, 6.45) is 4.66. The van der Waals surface area contributed by atoms with Gasteiger partial charge >= 0.3 is 11.9 Å². The fourth-order valence-corrected chi connectivity index (χ4v) is 4.54. The molecule has 9 heteroatoms. The Kier molecular flexibility index (Phi) is 7.22. The maximum absolute atomic E-state index is 11.8. The lowest BCUT2D eigenvalue weighted by Crippen LogP contribution is -2.31. The van der Waals surface area contributed by atoms with Gasteiger partial charge in [0.05, 0.1) is 37.6 Å². The molecule has 0 bridgehead atoms. The molecule has 3 aromatic rings. The Morgan fingerprint density at radius 3 is 2.53 bits per heavy atom. The molecule has 8 nitrogen and oxygen atoms in total. The van der Waals surface area contributed by atoms with E-state index in [2.05, 4.69) is 25.8 Å². The van der Waals surface area contributed by atoms with Crippen LogP contribution in [0.5, 0.6) is 0 Å². The maximum atomic E-state index is 11.8. The third-order valence-corrected chi connectivity index (χ3v) is 6.21. The van der Waals surface area contributed by atoms with E-state index in [1.165, 1.54) is 14.2 Å². The number of rotatable bonds is 8. The molecule has 1 aromatic carbocycles. The van der Waals surface area contributed by atoms with Crippen LogP contribution < -0.4 is 5.32 Å². The lowest BCUT2D eigenvalue weighted by Gasteiger charge is -2.29. The van der Waals surface area contributed by atoms with E-state index in [4.69, 9.17) is 21.7 Å². The predicted molar refractivity (Wildman–Crippen MR) is 131 cm³/mol. The van der Waals surface area contributed by atoms with Crippen LogP contribution in [-0.4, -0.2) is 52.3 Å². The highest BCUT2D eigenvalue weighted by Gasteiger charge is 2.41. The summed E-state index contributed by atoms with van der Waals surface area (Å²) in [7, 11) is 2.76. The molecule has 0 aliphatic carbocycles. The third kappa shape index (κ3) is 4.79. The molecule has 34 heavy (non-hydrogen) atoms. The number of methoxy groups -OCH3 is 2. The minimum Gasteiger partial charge on any atom is -0.469 e. The number of hydrogen-bond acceptors (Lipinski definition) is 6. The Morgan fingerprint density at radius 2 is 1.85 bits per heavy atom. The molecule has 0 saturated carbocycles. The Hall–Kier alpha value is -3.72. The molecule has 0 amide bonds. The van der Waals surface area contributed by atoms with Crippen molar-refractivity contribution in [3.8, 4) is 5.69 Å². The van der Waals surface area contributed by atoms with Crippen molar-refractivity contribution in [2.45, 2.75) is 24.9 Å². The van der Waals surface area contributed by atoms with E-state index in [9.17, 15) is 9.59 Å². The van der Waals surface area contributed by atoms with Gasteiger partial charge < -0.3 is 24.3 Å². The van der Waals surface area contributed by atoms with Crippen LogP contribution in [0.4, 0.5) is 0 Å². The fourth-order valence-electron chi connectivity index (χ4n) is 4.21. The molecule has 1 aliphatic heterocycles. The fraction of sp³-hybridized carbons (Fsp3) is 0.280. The number of hydrogen-bond donors (Lipinski definition) is 1. The van der Waals surface area contributed by atoms with Crippen molar-refractivity contribution >= 4 is 29.3 Å². The van der Waals surface area contributed by atoms with Gasteiger partial charge in [0.15, 0.2) is 5.11 Å². The zero-order valence-electron chi connectivity index (χ0n) is 19.0. The Balaban J connectivity index is 1.69. The summed E-state index contributed by atoms with van der Waals surface area (Å²) in [5, 5.41) is 4.04. The summed E-state index contributed by atoms with van der Waals surface area (Å²) in [4.78, 5) is 30.2. The van der Waals surface area contributed by atoms with Crippen LogP contribution in [0.3, 0.4) is 0 Å². The van der Waals surface area contributed by atoms with Crippen molar-refractivity contribution in [2.75, 3.05) is 20.8 Å². The number of ether oxygens (including phenoxy) is 2. The predicted octanol–water partition coefficient (Wildman–Crippen LogP) is 3.58. The monoisotopic (exact) mass is 478 g/mol. The lowest BCUT2D eigenvalue weighted by molar-refractivity contribution is -0.140. The highest BCUT2D eigenvalue weighted by atomic mass is 32.1. The number of aromatic nitrogens is 2. The number of carbonyl (C=O) groups excluding carboxylic acids is 2. The number of pyridine rings is 1. The van der Waals surface area contributed by atoms with Crippen LogP contribution >= 0.6 is 12.2 Å². The van der Waals surface area contributed by atoms with Gasteiger partial charge in [-0.25, -0.2) is 4.79 Å². The van der Waals surface area contributed by atoms with Gasteiger partial charge in [0.2, 0.25) is 0 Å². The first-order valence-corrected chi connectivity index (χ1v) is 11.3. The number of nitrogens with zero attached hydrogens (tertiary/aromatic N) is 3. The summed E-state index contributed by atoms with van der Waals surface area (Å²) in [6, 6.07) is 16.8. The van der Waals surface area contributed by atoms with E-state index in [0.717, 1.165) is 17.1 Å². The van der Waals surface area contributed by atoms with Crippen molar-refractivity contribution in [3.05, 3.63) is 83.9 Å². The summed E-state index contributed by atoms with van der Waals surface area (Å²) in [6.45, 7) is 0.585. The van der Waals surface area contributed by atoms with Crippen LogP contribution in [0.1, 0.15) is 46.7 Å². The van der Waals surface area contributed by atoms with E-state index < -0.39 is 0 Å². The van der Waals surface area contributed by atoms with Crippen molar-refractivity contribution in [2.24, 2.45) is 0 Å². The Bertz CT molecular complexity index is 1160. The van der Waals surface area contributed by atoms with E-state index in [1.807, 2.05) is 42.6 Å². The van der Waals surface area contributed by atoms with Crippen LogP contribution in [0.15, 0.2) is 67.0 Å². The molecule has 0 spiro atoms. The molecule has 3 heterocycles. The smallest absolute Gasteiger partial charge is 0.337 e. The van der Waals surface area contributed by atoms with Crippen molar-refractivity contribution < 1.29 is 19.1 Å². The first kappa shape index (κ1) is 23.4. The second-order valence-corrected chi connectivity index (χ2v) is 8.23. The zero-order valence-corrected chi connectivity index (χ0v) is 19.8. The number of thiocarbonyl (C=S) groups is 1. The first-order valence-electron chi connectivity index (χ1n) is 10.9. The van der Waals surface area contributed by atoms with Crippen LogP contribution in [0.25, 0.3) is 5.69 Å². The van der Waals surface area contributed by atoms with E-state index in [0.29, 0.717) is 30.1 Å². The summed E-state index contributed by atoms with van der Waals surface area (Å²) >= 11 is 5.71. The first-order chi connectivity index (χ1) is 16.5. The molecular weight excluding hydrogens is 452 g/mol. The average molecular weight is 479 g/mol. The van der Waals surface area contributed by atoms with E-state index in [-0.39, 0.29) is 24.0 Å². The van der Waals surface area contributed by atoms with Gasteiger partial charge in [0, 0.05) is 36.7 Å². The standard InChI is InChI=1S/C25H26N4O4S/c1-32-21(30)9-6-16-29-23(22(27-25(29)34)19-7-3-4-14-26-19)20-8-5-15-28(20)18-12-10-17(11-13-18)24(31)33-2/h3-5,7-8,10-15,22-23H,6,9,16H2,1-2H3,(H,27,34).